The lowest BCUT2D eigenvalue weighted by atomic mass is 10.2. The second kappa shape index (κ2) is 8.43. The van der Waals surface area contributed by atoms with Crippen LogP contribution in [-0.4, -0.2) is 11.0 Å². The summed E-state index contributed by atoms with van der Waals surface area (Å²) < 4.78 is 34.6. The number of furan rings is 1. The van der Waals surface area contributed by atoms with E-state index in [0.29, 0.717) is 28.7 Å². The zero-order valence-corrected chi connectivity index (χ0v) is 15.2. The van der Waals surface area contributed by atoms with Crippen LogP contribution < -0.4 is 4.74 Å². The summed E-state index contributed by atoms with van der Waals surface area (Å²) >= 11 is 0. The van der Waals surface area contributed by atoms with Crippen molar-refractivity contribution in [2.24, 2.45) is 0 Å². The van der Waals surface area contributed by atoms with Gasteiger partial charge in [-0.1, -0.05) is 18.2 Å². The molecule has 29 heavy (non-hydrogen) atoms. The number of oxazole rings is 1. The Labute approximate surface area is 165 Å². The first kappa shape index (κ1) is 18.5. The van der Waals surface area contributed by atoms with Gasteiger partial charge < -0.3 is 18.3 Å². The number of hydrogen-bond donors (Lipinski definition) is 0. The lowest BCUT2D eigenvalue weighted by Gasteiger charge is -2.03. The van der Waals surface area contributed by atoms with Crippen LogP contribution in [0.5, 0.6) is 5.75 Å². The second-order valence-electron chi connectivity index (χ2n) is 6.09. The van der Waals surface area contributed by atoms with Gasteiger partial charge in [0.1, 0.15) is 42.5 Å². The number of carbonyl (C=O) groups excluding carboxylic acids is 1. The Balaban J connectivity index is 1.31. The van der Waals surface area contributed by atoms with E-state index in [9.17, 15) is 9.18 Å². The van der Waals surface area contributed by atoms with E-state index < -0.39 is 5.97 Å². The van der Waals surface area contributed by atoms with Crippen molar-refractivity contribution >= 4 is 5.97 Å². The third kappa shape index (κ3) is 4.70. The molecule has 0 saturated carbocycles. The molecule has 146 valence electrons. The van der Waals surface area contributed by atoms with Crippen molar-refractivity contribution in [1.29, 1.82) is 0 Å². The topological polar surface area (TPSA) is 74.7 Å². The standard InChI is InChI=1S/C22H16FNO5/c23-16-8-6-15(7-9-16)21-24-17(12-27-21)13-28-22(25)20-11-10-19(29-20)14-26-18-4-2-1-3-5-18/h1-12H,13-14H2. The molecule has 0 aliphatic heterocycles. The Bertz CT molecular complexity index is 1090. The van der Waals surface area contributed by atoms with E-state index in [0.717, 1.165) is 0 Å². The van der Waals surface area contributed by atoms with E-state index in [-0.39, 0.29) is 24.8 Å². The molecule has 0 unspecified atom stereocenters. The molecule has 0 amide bonds. The Hall–Kier alpha value is -3.87. The zero-order chi connectivity index (χ0) is 20.1. The predicted molar refractivity (Wildman–Crippen MR) is 100 cm³/mol. The van der Waals surface area contributed by atoms with Crippen molar-refractivity contribution in [3.05, 3.63) is 96.0 Å². The summed E-state index contributed by atoms with van der Waals surface area (Å²) in [5.41, 5.74) is 1.05. The van der Waals surface area contributed by atoms with E-state index in [1.54, 1.807) is 18.2 Å². The molecule has 7 heteroatoms. The summed E-state index contributed by atoms with van der Waals surface area (Å²) in [7, 11) is 0. The Kier molecular flexibility index (Phi) is 5.38. The fourth-order valence-corrected chi connectivity index (χ4v) is 2.55. The van der Waals surface area contributed by atoms with Crippen LogP contribution in [0.1, 0.15) is 22.0 Å². The molecule has 2 heterocycles. The summed E-state index contributed by atoms with van der Waals surface area (Å²) in [6.07, 6.45) is 1.38. The van der Waals surface area contributed by atoms with Gasteiger partial charge in [0.05, 0.1) is 0 Å². The van der Waals surface area contributed by atoms with Crippen molar-refractivity contribution in [2.45, 2.75) is 13.2 Å². The maximum absolute atomic E-state index is 13.0. The second-order valence-corrected chi connectivity index (χ2v) is 6.09. The number of halogens is 1. The predicted octanol–water partition coefficient (Wildman–Crippen LogP) is 5.01. The molecule has 0 spiro atoms. The van der Waals surface area contributed by atoms with Gasteiger partial charge in [-0.3, -0.25) is 0 Å². The number of rotatable bonds is 7. The molecule has 0 aliphatic rings. The number of aromatic nitrogens is 1. The van der Waals surface area contributed by atoms with Crippen LogP contribution >= 0.6 is 0 Å². The molecule has 2 aromatic heterocycles. The summed E-state index contributed by atoms with van der Waals surface area (Å²) in [6.45, 7) is 0.113. The Morgan fingerprint density at radius 3 is 2.55 bits per heavy atom. The minimum Gasteiger partial charge on any atom is -0.486 e. The molecule has 4 rings (SSSR count). The minimum atomic E-state index is -0.623. The van der Waals surface area contributed by atoms with Crippen LogP contribution in [0.2, 0.25) is 0 Å². The van der Waals surface area contributed by atoms with Crippen LogP contribution in [-0.2, 0) is 18.0 Å². The average molecular weight is 393 g/mol. The monoisotopic (exact) mass is 393 g/mol. The fraction of sp³-hybridized carbons (Fsp3) is 0.0909. The molecule has 0 atom stereocenters. The van der Waals surface area contributed by atoms with E-state index in [1.807, 2.05) is 30.3 Å². The quantitative estimate of drug-likeness (QED) is 0.411. The van der Waals surface area contributed by atoms with Gasteiger partial charge in [-0.15, -0.1) is 0 Å². The Morgan fingerprint density at radius 2 is 1.76 bits per heavy atom. The largest absolute Gasteiger partial charge is 0.486 e. The first-order valence-electron chi connectivity index (χ1n) is 8.81. The molecular weight excluding hydrogens is 377 g/mol. The molecule has 6 nitrogen and oxygen atoms in total. The molecular formula is C22H16FNO5. The number of ether oxygens (including phenoxy) is 2. The highest BCUT2D eigenvalue weighted by Gasteiger charge is 2.15. The van der Waals surface area contributed by atoms with Gasteiger partial charge in [-0.05, 0) is 48.5 Å². The number of benzene rings is 2. The maximum atomic E-state index is 13.0. The van der Waals surface area contributed by atoms with Gasteiger partial charge in [0.25, 0.3) is 0 Å². The highest BCUT2D eigenvalue weighted by atomic mass is 19.1. The smallest absolute Gasteiger partial charge is 0.374 e. The van der Waals surface area contributed by atoms with Crippen LogP contribution in [0, 0.1) is 5.82 Å². The lowest BCUT2D eigenvalue weighted by Crippen LogP contribution is -2.04. The summed E-state index contributed by atoms with van der Waals surface area (Å²) in [4.78, 5) is 16.4. The van der Waals surface area contributed by atoms with Gasteiger partial charge >= 0.3 is 5.97 Å². The first-order valence-corrected chi connectivity index (χ1v) is 8.81. The summed E-state index contributed by atoms with van der Waals surface area (Å²) in [6, 6.07) is 18.2. The normalized spacial score (nSPS) is 10.7. The molecule has 0 N–H and O–H groups in total. The maximum Gasteiger partial charge on any atom is 0.374 e. The summed E-state index contributed by atoms with van der Waals surface area (Å²) in [5, 5.41) is 0. The van der Waals surface area contributed by atoms with E-state index in [4.69, 9.17) is 18.3 Å². The lowest BCUT2D eigenvalue weighted by molar-refractivity contribution is 0.0427. The van der Waals surface area contributed by atoms with Crippen LogP contribution in [0.4, 0.5) is 4.39 Å². The van der Waals surface area contributed by atoms with Crippen LogP contribution in [0.15, 0.2) is 81.8 Å². The van der Waals surface area contributed by atoms with E-state index in [2.05, 4.69) is 4.98 Å². The third-order valence-electron chi connectivity index (χ3n) is 3.98. The van der Waals surface area contributed by atoms with Crippen molar-refractivity contribution in [2.75, 3.05) is 0 Å². The fourth-order valence-electron chi connectivity index (χ4n) is 2.55. The SMILES string of the molecule is O=C(OCc1coc(-c2ccc(F)cc2)n1)c1ccc(COc2ccccc2)o1. The molecule has 0 radical (unpaired) electrons. The average Bonchev–Trinajstić information content (AvgIpc) is 3.42. The van der Waals surface area contributed by atoms with Gasteiger partial charge in [0, 0.05) is 5.56 Å². The van der Waals surface area contributed by atoms with E-state index >= 15 is 0 Å². The van der Waals surface area contributed by atoms with Crippen LogP contribution in [0.3, 0.4) is 0 Å². The van der Waals surface area contributed by atoms with Gasteiger partial charge in [0.15, 0.2) is 0 Å². The first-order chi connectivity index (χ1) is 14.2. The number of para-hydroxylation sites is 1. The number of esters is 1. The highest BCUT2D eigenvalue weighted by Crippen LogP contribution is 2.20. The third-order valence-corrected chi connectivity index (χ3v) is 3.98. The number of nitrogens with zero attached hydrogens (tertiary/aromatic N) is 1. The van der Waals surface area contributed by atoms with Crippen LogP contribution in [0.25, 0.3) is 11.5 Å². The molecule has 0 aliphatic carbocycles. The molecule has 0 bridgehead atoms. The minimum absolute atomic E-state index is 0.0684. The number of carbonyl (C=O) groups is 1. The summed E-state index contributed by atoms with van der Waals surface area (Å²) in [5.74, 6) is 0.619. The molecule has 4 aromatic rings. The van der Waals surface area contributed by atoms with Gasteiger partial charge in [0.2, 0.25) is 11.7 Å². The van der Waals surface area contributed by atoms with Crippen molar-refractivity contribution in [3.8, 4) is 17.2 Å². The van der Waals surface area contributed by atoms with Crippen molar-refractivity contribution in [1.82, 2.24) is 4.98 Å². The Morgan fingerprint density at radius 1 is 0.966 bits per heavy atom. The molecule has 0 fully saturated rings. The highest BCUT2D eigenvalue weighted by molar-refractivity contribution is 5.86. The molecule has 0 saturated heterocycles. The molecule has 2 aromatic carbocycles. The van der Waals surface area contributed by atoms with Gasteiger partial charge in [-0.2, -0.15) is 0 Å². The zero-order valence-electron chi connectivity index (χ0n) is 15.2. The van der Waals surface area contributed by atoms with Crippen molar-refractivity contribution in [3.63, 3.8) is 0 Å². The number of hydrogen-bond acceptors (Lipinski definition) is 6. The van der Waals surface area contributed by atoms with Crippen molar-refractivity contribution < 1.29 is 27.5 Å². The van der Waals surface area contributed by atoms with E-state index in [1.165, 1.54) is 24.5 Å². The van der Waals surface area contributed by atoms with Gasteiger partial charge in [-0.25, -0.2) is 14.2 Å².